The highest BCUT2D eigenvalue weighted by molar-refractivity contribution is 7.19. The summed E-state index contributed by atoms with van der Waals surface area (Å²) in [7, 11) is 0. The Morgan fingerprint density at radius 2 is 1.88 bits per heavy atom. The lowest BCUT2D eigenvalue weighted by atomic mass is 10.1. The highest BCUT2D eigenvalue weighted by Gasteiger charge is 2.45. The number of rotatable bonds is 4. The zero-order valence-corrected chi connectivity index (χ0v) is 14.6. The van der Waals surface area contributed by atoms with Crippen LogP contribution in [0.2, 0.25) is 0 Å². The fourth-order valence-corrected chi connectivity index (χ4v) is 4.14. The summed E-state index contributed by atoms with van der Waals surface area (Å²) in [5, 5.41) is 12.8. The number of anilines is 1. The summed E-state index contributed by atoms with van der Waals surface area (Å²) in [6, 6.07) is 20.2. The summed E-state index contributed by atoms with van der Waals surface area (Å²) < 4.78 is 13.9. The van der Waals surface area contributed by atoms with Gasteiger partial charge in [-0.3, -0.25) is 4.79 Å². The first-order chi connectivity index (χ1) is 12.7. The van der Waals surface area contributed by atoms with Crippen molar-refractivity contribution in [3.63, 3.8) is 0 Å². The van der Waals surface area contributed by atoms with Gasteiger partial charge in [0.2, 0.25) is 5.91 Å². The molecule has 1 heterocycles. The third-order valence-corrected chi connectivity index (χ3v) is 5.68. The molecule has 1 aliphatic rings. The number of hydrogen-bond donors (Lipinski definition) is 1. The molecule has 0 saturated heterocycles. The van der Waals surface area contributed by atoms with Gasteiger partial charge in [0.25, 0.3) is 0 Å². The van der Waals surface area contributed by atoms with E-state index in [1.165, 1.54) is 17.4 Å². The molecule has 3 aromatic rings. The van der Waals surface area contributed by atoms with Crippen molar-refractivity contribution in [3.8, 4) is 16.5 Å². The lowest BCUT2D eigenvalue weighted by Gasteiger charge is -2.04. The highest BCUT2D eigenvalue weighted by atomic mass is 32.1. The van der Waals surface area contributed by atoms with Crippen LogP contribution in [0.3, 0.4) is 0 Å². The van der Waals surface area contributed by atoms with Gasteiger partial charge in [0.1, 0.15) is 16.9 Å². The maximum absolute atomic E-state index is 13.9. The van der Waals surface area contributed by atoms with Crippen molar-refractivity contribution in [2.24, 2.45) is 5.92 Å². The SMILES string of the molecule is N#Cc1cc(-c2ccccc2)sc1NC(=O)[C@H]1C[C@@H]1c1ccccc1F. The number of thiophene rings is 1. The second-order valence-electron chi connectivity index (χ2n) is 6.29. The van der Waals surface area contributed by atoms with Crippen LogP contribution in [-0.4, -0.2) is 5.91 Å². The Labute approximate surface area is 154 Å². The molecule has 0 bridgehead atoms. The quantitative estimate of drug-likeness (QED) is 0.696. The number of hydrogen-bond acceptors (Lipinski definition) is 3. The summed E-state index contributed by atoms with van der Waals surface area (Å²) in [6.45, 7) is 0. The predicted molar refractivity (Wildman–Crippen MR) is 100 cm³/mol. The molecule has 2 aromatic carbocycles. The summed E-state index contributed by atoms with van der Waals surface area (Å²) in [6.07, 6.45) is 0.631. The third kappa shape index (κ3) is 3.12. The molecule has 3 nitrogen and oxygen atoms in total. The van der Waals surface area contributed by atoms with Gasteiger partial charge in [0.05, 0.1) is 5.56 Å². The fraction of sp³-hybridized carbons (Fsp3) is 0.143. The predicted octanol–water partition coefficient (Wildman–Crippen LogP) is 5.17. The van der Waals surface area contributed by atoms with Crippen LogP contribution in [0.5, 0.6) is 0 Å². The molecule has 0 unspecified atom stereocenters. The smallest absolute Gasteiger partial charge is 0.228 e. The zero-order valence-electron chi connectivity index (χ0n) is 13.8. The minimum atomic E-state index is -0.270. The van der Waals surface area contributed by atoms with Crippen molar-refractivity contribution in [1.29, 1.82) is 5.26 Å². The summed E-state index contributed by atoms with van der Waals surface area (Å²) >= 11 is 1.38. The number of carbonyl (C=O) groups excluding carboxylic acids is 1. The van der Waals surface area contributed by atoms with Gasteiger partial charge in [-0.15, -0.1) is 11.3 Å². The Morgan fingerprint density at radius 3 is 2.62 bits per heavy atom. The normalized spacial score (nSPS) is 18.2. The van der Waals surface area contributed by atoms with E-state index >= 15 is 0 Å². The van der Waals surface area contributed by atoms with Crippen molar-refractivity contribution in [3.05, 3.63) is 77.6 Å². The highest BCUT2D eigenvalue weighted by Crippen LogP contribution is 2.49. The van der Waals surface area contributed by atoms with E-state index in [0.29, 0.717) is 22.5 Å². The number of halogens is 1. The molecule has 5 heteroatoms. The molecule has 0 radical (unpaired) electrons. The van der Waals surface area contributed by atoms with Gasteiger partial charge in [-0.1, -0.05) is 48.5 Å². The minimum absolute atomic E-state index is 0.0877. The lowest BCUT2D eigenvalue weighted by molar-refractivity contribution is -0.117. The van der Waals surface area contributed by atoms with E-state index in [1.54, 1.807) is 24.3 Å². The van der Waals surface area contributed by atoms with Gasteiger partial charge < -0.3 is 5.32 Å². The Balaban J connectivity index is 1.51. The van der Waals surface area contributed by atoms with E-state index in [1.807, 2.05) is 30.3 Å². The molecule has 1 N–H and O–H groups in total. The average Bonchev–Trinajstić information content (AvgIpc) is 3.36. The molecule has 4 rings (SSSR count). The maximum Gasteiger partial charge on any atom is 0.228 e. The second kappa shape index (κ2) is 6.74. The maximum atomic E-state index is 13.9. The van der Waals surface area contributed by atoms with Crippen LogP contribution >= 0.6 is 11.3 Å². The summed E-state index contributed by atoms with van der Waals surface area (Å²) in [5.41, 5.74) is 2.04. The van der Waals surface area contributed by atoms with Crippen LogP contribution in [0.15, 0.2) is 60.7 Å². The first-order valence-electron chi connectivity index (χ1n) is 8.32. The van der Waals surface area contributed by atoms with Crippen LogP contribution in [0, 0.1) is 23.1 Å². The minimum Gasteiger partial charge on any atom is -0.316 e. The molecule has 1 fully saturated rings. The van der Waals surface area contributed by atoms with Gasteiger partial charge in [-0.25, -0.2) is 4.39 Å². The third-order valence-electron chi connectivity index (χ3n) is 4.58. The van der Waals surface area contributed by atoms with E-state index in [9.17, 15) is 14.4 Å². The monoisotopic (exact) mass is 362 g/mol. The number of amides is 1. The number of nitriles is 1. The first kappa shape index (κ1) is 16.5. The second-order valence-corrected chi connectivity index (χ2v) is 7.34. The van der Waals surface area contributed by atoms with Crippen LogP contribution < -0.4 is 5.32 Å². The molecule has 1 aromatic heterocycles. The summed E-state index contributed by atoms with van der Waals surface area (Å²) in [4.78, 5) is 13.5. The van der Waals surface area contributed by atoms with Crippen LogP contribution in [0.4, 0.5) is 9.39 Å². The summed E-state index contributed by atoms with van der Waals surface area (Å²) in [5.74, 6) is -0.764. The Morgan fingerprint density at radius 1 is 1.15 bits per heavy atom. The Hall–Kier alpha value is -2.97. The molecule has 0 aliphatic heterocycles. The topological polar surface area (TPSA) is 52.9 Å². The van der Waals surface area contributed by atoms with E-state index in [2.05, 4.69) is 11.4 Å². The number of carbonyl (C=O) groups is 1. The lowest BCUT2D eigenvalue weighted by Crippen LogP contribution is -2.14. The van der Waals surface area contributed by atoms with Gasteiger partial charge in [-0.05, 0) is 35.6 Å². The number of nitrogens with zero attached hydrogens (tertiary/aromatic N) is 1. The van der Waals surface area contributed by atoms with Crippen LogP contribution in [-0.2, 0) is 4.79 Å². The van der Waals surface area contributed by atoms with Crippen molar-refractivity contribution in [2.75, 3.05) is 5.32 Å². The van der Waals surface area contributed by atoms with Crippen LogP contribution in [0.1, 0.15) is 23.5 Å². The number of nitrogens with one attached hydrogen (secondary N) is 1. The van der Waals surface area contributed by atoms with Gasteiger partial charge in [0, 0.05) is 10.8 Å². The molecular formula is C21H15FN2OS. The van der Waals surface area contributed by atoms with Crippen molar-refractivity contribution >= 4 is 22.2 Å². The first-order valence-corrected chi connectivity index (χ1v) is 9.13. The number of benzene rings is 2. The fourth-order valence-electron chi connectivity index (χ4n) is 3.12. The molecule has 128 valence electrons. The molecule has 1 saturated carbocycles. The van der Waals surface area contributed by atoms with E-state index in [4.69, 9.17) is 0 Å². The van der Waals surface area contributed by atoms with Crippen molar-refractivity contribution in [1.82, 2.24) is 0 Å². The van der Waals surface area contributed by atoms with E-state index < -0.39 is 0 Å². The zero-order chi connectivity index (χ0) is 18.1. The molecule has 0 spiro atoms. The van der Waals surface area contributed by atoms with Crippen molar-refractivity contribution in [2.45, 2.75) is 12.3 Å². The molecule has 26 heavy (non-hydrogen) atoms. The molecule has 1 amide bonds. The van der Waals surface area contributed by atoms with Crippen LogP contribution in [0.25, 0.3) is 10.4 Å². The van der Waals surface area contributed by atoms with E-state index in [-0.39, 0.29) is 23.6 Å². The largest absolute Gasteiger partial charge is 0.316 e. The molecular weight excluding hydrogens is 347 g/mol. The standard InChI is InChI=1S/C21H15FN2OS/c22-18-9-5-4-8-15(18)16-11-17(16)20(25)24-21-14(12-23)10-19(26-21)13-6-2-1-3-7-13/h1-10,16-17H,11H2,(H,24,25)/t16-,17+/m1/s1. The van der Waals surface area contributed by atoms with Gasteiger partial charge in [0.15, 0.2) is 0 Å². The molecule has 1 aliphatic carbocycles. The Bertz CT molecular complexity index is 1010. The average molecular weight is 362 g/mol. The van der Waals surface area contributed by atoms with Gasteiger partial charge in [-0.2, -0.15) is 5.26 Å². The van der Waals surface area contributed by atoms with E-state index in [0.717, 1.165) is 10.4 Å². The van der Waals surface area contributed by atoms with Crippen molar-refractivity contribution < 1.29 is 9.18 Å². The van der Waals surface area contributed by atoms with Gasteiger partial charge >= 0.3 is 0 Å². The Kier molecular flexibility index (Phi) is 4.27. The molecule has 2 atom stereocenters.